The van der Waals surface area contributed by atoms with Gasteiger partial charge >= 0.3 is 5.97 Å². The molecule has 1 aliphatic carbocycles. The number of amides is 1. The summed E-state index contributed by atoms with van der Waals surface area (Å²) in [5.74, 6) is -0.262. The first-order valence-corrected chi connectivity index (χ1v) is 6.66. The minimum absolute atomic E-state index is 0.0448. The van der Waals surface area contributed by atoms with Crippen LogP contribution in [0.3, 0.4) is 0 Å². The van der Waals surface area contributed by atoms with Gasteiger partial charge in [0.25, 0.3) is 0 Å². The van der Waals surface area contributed by atoms with E-state index < -0.39 is 5.41 Å². The van der Waals surface area contributed by atoms with Crippen molar-refractivity contribution in [2.45, 2.75) is 18.7 Å². The van der Waals surface area contributed by atoms with Gasteiger partial charge in [-0.2, -0.15) is 0 Å². The van der Waals surface area contributed by atoms with Gasteiger partial charge in [0, 0.05) is 23.5 Å². The van der Waals surface area contributed by atoms with E-state index in [2.05, 4.69) is 15.9 Å². The van der Waals surface area contributed by atoms with Gasteiger partial charge in [-0.1, -0.05) is 35.9 Å². The average molecular weight is 314 g/mol. The molecule has 0 saturated carbocycles. The predicted molar refractivity (Wildman–Crippen MR) is 70.9 cm³/mol. The number of carbonyl (C=O) groups is 2. The van der Waals surface area contributed by atoms with E-state index in [1.54, 1.807) is 18.0 Å². The van der Waals surface area contributed by atoms with Gasteiger partial charge in [0.1, 0.15) is 0 Å². The Morgan fingerprint density at radius 2 is 2.11 bits per heavy atom. The molecule has 5 heteroatoms. The fourth-order valence-corrected chi connectivity index (χ4v) is 3.95. The summed E-state index contributed by atoms with van der Waals surface area (Å²) in [4.78, 5) is 25.4. The van der Waals surface area contributed by atoms with Crippen LogP contribution in [0.4, 0.5) is 0 Å². The Balaban J connectivity index is 2.47. The average Bonchev–Trinajstić information content (AvgIpc) is 2.50. The fraction of sp³-hybridized carbons (Fsp3) is 0.538. The third-order valence-corrected chi connectivity index (χ3v) is 4.51. The molecular weight excluding hydrogens is 298 g/mol. The molecule has 1 fully saturated rings. The Hall–Kier alpha value is -1.10. The third kappa shape index (κ3) is 1.72. The predicted octanol–water partition coefficient (Wildman–Crippen LogP) is 1.86. The highest BCUT2D eigenvalue weighted by molar-refractivity contribution is 9.09. The molecule has 0 spiro atoms. The van der Waals surface area contributed by atoms with Crippen molar-refractivity contribution in [3.05, 3.63) is 23.4 Å². The number of halogens is 1. The third-order valence-electron chi connectivity index (χ3n) is 3.72. The Bertz CT molecular complexity index is 479. The molecule has 4 nitrogen and oxygen atoms in total. The molecule has 0 aromatic carbocycles. The lowest BCUT2D eigenvalue weighted by molar-refractivity contribution is -0.136. The van der Waals surface area contributed by atoms with Crippen LogP contribution in [0.1, 0.15) is 13.8 Å². The summed E-state index contributed by atoms with van der Waals surface area (Å²) in [5, 5.41) is 0. The Labute approximate surface area is 115 Å². The van der Waals surface area contributed by atoms with Crippen LogP contribution >= 0.6 is 15.9 Å². The van der Waals surface area contributed by atoms with Crippen LogP contribution in [0.25, 0.3) is 0 Å². The molecule has 0 N–H and O–H groups in total. The standard InChI is InChI=1S/C13H16BrNO3/c1-13(2)10-8(14)5-7(11(16)18-4)6-9(10)15(3)12(13)17/h5-6,8,10H,1-4H3. The number of esters is 1. The van der Waals surface area contributed by atoms with E-state index in [0.29, 0.717) is 5.57 Å². The minimum atomic E-state index is -0.465. The lowest BCUT2D eigenvalue weighted by atomic mass is 9.76. The lowest BCUT2D eigenvalue weighted by Crippen LogP contribution is -2.33. The zero-order valence-electron chi connectivity index (χ0n) is 10.9. The van der Waals surface area contributed by atoms with Crippen molar-refractivity contribution in [1.29, 1.82) is 0 Å². The molecule has 1 aliphatic heterocycles. The highest BCUT2D eigenvalue weighted by atomic mass is 79.9. The van der Waals surface area contributed by atoms with Crippen molar-refractivity contribution < 1.29 is 14.3 Å². The second-order valence-electron chi connectivity index (χ2n) is 5.19. The summed E-state index contributed by atoms with van der Waals surface area (Å²) in [6, 6.07) is 0. The fourth-order valence-electron chi connectivity index (χ4n) is 2.73. The van der Waals surface area contributed by atoms with E-state index in [4.69, 9.17) is 4.74 Å². The molecule has 0 aromatic heterocycles. The molecular formula is C13H16BrNO3. The minimum Gasteiger partial charge on any atom is -0.465 e. The van der Waals surface area contributed by atoms with Crippen LogP contribution in [0.2, 0.25) is 0 Å². The first kappa shape index (κ1) is 13.3. The van der Waals surface area contributed by atoms with Gasteiger partial charge in [-0.05, 0) is 6.08 Å². The molecule has 2 rings (SSSR count). The van der Waals surface area contributed by atoms with E-state index >= 15 is 0 Å². The van der Waals surface area contributed by atoms with Crippen molar-refractivity contribution in [3.63, 3.8) is 0 Å². The summed E-state index contributed by atoms with van der Waals surface area (Å²) in [5.41, 5.74) is 0.894. The van der Waals surface area contributed by atoms with Crippen LogP contribution in [0, 0.1) is 11.3 Å². The topological polar surface area (TPSA) is 46.6 Å². The summed E-state index contributed by atoms with van der Waals surface area (Å²) in [6.45, 7) is 3.87. The van der Waals surface area contributed by atoms with Gasteiger partial charge in [-0.25, -0.2) is 4.79 Å². The highest BCUT2D eigenvalue weighted by Gasteiger charge is 2.52. The van der Waals surface area contributed by atoms with Crippen LogP contribution in [0.5, 0.6) is 0 Å². The van der Waals surface area contributed by atoms with Crippen molar-refractivity contribution in [2.75, 3.05) is 14.2 Å². The number of hydrogen-bond acceptors (Lipinski definition) is 3. The quantitative estimate of drug-likeness (QED) is 0.548. The van der Waals surface area contributed by atoms with Gasteiger partial charge in [-0.3, -0.25) is 4.79 Å². The molecule has 1 heterocycles. The summed E-state index contributed by atoms with van der Waals surface area (Å²) >= 11 is 3.56. The van der Waals surface area contributed by atoms with Crippen LogP contribution in [-0.4, -0.2) is 35.8 Å². The first-order valence-electron chi connectivity index (χ1n) is 5.74. The maximum atomic E-state index is 12.2. The zero-order chi connectivity index (χ0) is 13.7. The lowest BCUT2D eigenvalue weighted by Gasteiger charge is -2.29. The van der Waals surface area contributed by atoms with E-state index in [-0.39, 0.29) is 22.6 Å². The summed E-state index contributed by atoms with van der Waals surface area (Å²) < 4.78 is 4.72. The normalized spacial score (nSPS) is 29.6. The number of rotatable bonds is 1. The SMILES string of the molecule is COC(=O)C1=CC(Br)C2C(=C1)N(C)C(=O)C2(C)C. The number of fused-ring (bicyclic) bond motifs is 1. The summed E-state index contributed by atoms with van der Waals surface area (Å²) in [7, 11) is 3.10. The molecule has 18 heavy (non-hydrogen) atoms. The second-order valence-corrected chi connectivity index (χ2v) is 6.25. The van der Waals surface area contributed by atoms with Crippen LogP contribution in [-0.2, 0) is 14.3 Å². The molecule has 0 aromatic rings. The number of alkyl halides is 1. The van der Waals surface area contributed by atoms with Crippen molar-refractivity contribution in [3.8, 4) is 0 Å². The molecule has 0 radical (unpaired) electrons. The van der Waals surface area contributed by atoms with Crippen molar-refractivity contribution >= 4 is 27.8 Å². The monoisotopic (exact) mass is 313 g/mol. The molecule has 0 bridgehead atoms. The van der Waals surface area contributed by atoms with Crippen molar-refractivity contribution in [2.24, 2.45) is 11.3 Å². The van der Waals surface area contributed by atoms with Gasteiger partial charge < -0.3 is 9.64 Å². The molecule has 1 amide bonds. The van der Waals surface area contributed by atoms with E-state index in [0.717, 1.165) is 5.70 Å². The molecule has 2 aliphatic rings. The Morgan fingerprint density at radius 1 is 1.50 bits per heavy atom. The Morgan fingerprint density at radius 3 is 2.67 bits per heavy atom. The van der Waals surface area contributed by atoms with Gasteiger partial charge in [0.05, 0.1) is 18.1 Å². The first-order chi connectivity index (χ1) is 8.30. The number of nitrogens with zero attached hydrogens (tertiary/aromatic N) is 1. The maximum absolute atomic E-state index is 12.2. The van der Waals surface area contributed by atoms with E-state index in [1.807, 2.05) is 19.9 Å². The zero-order valence-corrected chi connectivity index (χ0v) is 12.4. The number of ether oxygens (including phenoxy) is 1. The number of likely N-dealkylation sites (tertiary alicyclic amines) is 1. The smallest absolute Gasteiger partial charge is 0.337 e. The van der Waals surface area contributed by atoms with Crippen molar-refractivity contribution in [1.82, 2.24) is 4.90 Å². The van der Waals surface area contributed by atoms with E-state index in [9.17, 15) is 9.59 Å². The number of carbonyl (C=O) groups excluding carboxylic acids is 2. The molecule has 98 valence electrons. The van der Waals surface area contributed by atoms with Crippen LogP contribution < -0.4 is 0 Å². The largest absolute Gasteiger partial charge is 0.465 e. The molecule has 2 atom stereocenters. The second kappa shape index (κ2) is 4.23. The number of allylic oxidation sites excluding steroid dienone is 2. The highest BCUT2D eigenvalue weighted by Crippen LogP contribution is 2.49. The molecule has 2 unspecified atom stereocenters. The maximum Gasteiger partial charge on any atom is 0.337 e. The van der Waals surface area contributed by atoms with Crippen LogP contribution in [0.15, 0.2) is 23.4 Å². The van der Waals surface area contributed by atoms with Gasteiger partial charge in [-0.15, -0.1) is 0 Å². The Kier molecular flexibility index (Phi) is 3.13. The van der Waals surface area contributed by atoms with E-state index in [1.165, 1.54) is 7.11 Å². The van der Waals surface area contributed by atoms with Gasteiger partial charge in [0.2, 0.25) is 5.91 Å². The summed E-state index contributed by atoms with van der Waals surface area (Å²) in [6.07, 6.45) is 3.56. The van der Waals surface area contributed by atoms with Gasteiger partial charge in [0.15, 0.2) is 0 Å². The molecule has 1 saturated heterocycles. The number of hydrogen-bond donors (Lipinski definition) is 0. The number of methoxy groups -OCH3 is 1.